The van der Waals surface area contributed by atoms with E-state index >= 15 is 0 Å². The van der Waals surface area contributed by atoms with Gasteiger partial charge < -0.3 is 19.3 Å². The molecule has 0 amide bonds. The summed E-state index contributed by atoms with van der Waals surface area (Å²) in [5.41, 5.74) is 4.70. The smallest absolute Gasteiger partial charge is 0.303 e. The van der Waals surface area contributed by atoms with Crippen molar-refractivity contribution in [2.75, 3.05) is 19.8 Å². The monoisotopic (exact) mass is 507 g/mol. The lowest BCUT2D eigenvalue weighted by Crippen LogP contribution is -2.06. The average molecular weight is 508 g/mol. The molecule has 2 aliphatic carbocycles. The summed E-state index contributed by atoms with van der Waals surface area (Å²) < 4.78 is 17.9. The van der Waals surface area contributed by atoms with Crippen LogP contribution in [0.1, 0.15) is 66.6 Å². The summed E-state index contributed by atoms with van der Waals surface area (Å²) in [6, 6.07) is 12.1. The zero-order valence-electron chi connectivity index (χ0n) is 20.8. The third-order valence-electron chi connectivity index (χ3n) is 6.89. The van der Waals surface area contributed by atoms with Gasteiger partial charge in [0.25, 0.3) is 0 Å². The second-order valence-electron chi connectivity index (χ2n) is 9.44. The highest BCUT2D eigenvalue weighted by atomic mass is 32.1. The van der Waals surface area contributed by atoms with Crippen molar-refractivity contribution in [2.24, 2.45) is 0 Å². The molecule has 36 heavy (non-hydrogen) atoms. The molecular weight excluding hydrogens is 474 g/mol. The second-order valence-corrected chi connectivity index (χ2v) is 10.5. The van der Waals surface area contributed by atoms with Gasteiger partial charge in [0, 0.05) is 16.9 Å². The summed E-state index contributed by atoms with van der Waals surface area (Å²) in [5.74, 6) is 1.70. The number of aliphatic carboxylic acids is 1. The number of aryl methyl sites for hydroxylation is 3. The summed E-state index contributed by atoms with van der Waals surface area (Å²) in [5, 5.41) is 10.2. The molecule has 0 spiro atoms. The van der Waals surface area contributed by atoms with Crippen molar-refractivity contribution in [3.05, 3.63) is 58.1 Å². The maximum absolute atomic E-state index is 11.1. The van der Waals surface area contributed by atoms with Gasteiger partial charge in [0.15, 0.2) is 11.5 Å². The minimum absolute atomic E-state index is 0.117. The zero-order valence-corrected chi connectivity index (χ0v) is 21.6. The Morgan fingerprint density at radius 3 is 2.72 bits per heavy atom. The van der Waals surface area contributed by atoms with Crippen LogP contribution < -0.4 is 14.2 Å². The van der Waals surface area contributed by atoms with Crippen molar-refractivity contribution < 1.29 is 24.1 Å². The van der Waals surface area contributed by atoms with Gasteiger partial charge in [-0.3, -0.25) is 4.79 Å². The topological polar surface area (TPSA) is 77.9 Å². The lowest BCUT2D eigenvalue weighted by Gasteiger charge is -2.14. The Labute approximate surface area is 216 Å². The Bertz CT molecular complexity index is 1200. The molecule has 190 valence electrons. The first kappa shape index (κ1) is 24.6. The highest BCUT2D eigenvalue weighted by Gasteiger charge is 2.25. The van der Waals surface area contributed by atoms with Crippen molar-refractivity contribution >= 4 is 17.3 Å². The van der Waals surface area contributed by atoms with Crippen LogP contribution in [0, 0.1) is 0 Å². The molecule has 0 unspecified atom stereocenters. The van der Waals surface area contributed by atoms with Gasteiger partial charge >= 0.3 is 5.97 Å². The highest BCUT2D eigenvalue weighted by molar-refractivity contribution is 7.15. The van der Waals surface area contributed by atoms with E-state index in [1.165, 1.54) is 29.0 Å². The van der Waals surface area contributed by atoms with Crippen LogP contribution >= 0.6 is 11.3 Å². The van der Waals surface area contributed by atoms with Crippen LogP contribution in [0.3, 0.4) is 0 Å². The lowest BCUT2D eigenvalue weighted by molar-refractivity contribution is -0.137. The molecule has 6 nitrogen and oxygen atoms in total. The number of hydrogen-bond donors (Lipinski definition) is 1. The number of carboxylic acids is 1. The number of carboxylic acid groups (broad SMARTS) is 1. The maximum Gasteiger partial charge on any atom is 0.303 e. The number of nitrogens with zero attached hydrogens (tertiary/aromatic N) is 1. The van der Waals surface area contributed by atoms with Crippen LogP contribution in [-0.2, 0) is 24.1 Å². The van der Waals surface area contributed by atoms with Crippen molar-refractivity contribution in [2.45, 2.75) is 64.2 Å². The molecule has 2 aromatic carbocycles. The van der Waals surface area contributed by atoms with Crippen molar-refractivity contribution in [3.63, 3.8) is 0 Å². The average Bonchev–Trinajstić information content (AvgIpc) is 3.48. The van der Waals surface area contributed by atoms with Crippen LogP contribution in [0.15, 0.2) is 36.4 Å². The van der Waals surface area contributed by atoms with Gasteiger partial charge in [-0.15, -0.1) is 11.3 Å². The van der Waals surface area contributed by atoms with E-state index in [-0.39, 0.29) is 12.3 Å². The Morgan fingerprint density at radius 2 is 1.89 bits per heavy atom. The largest absolute Gasteiger partial charge is 0.493 e. The van der Waals surface area contributed by atoms with Crippen molar-refractivity contribution in [1.29, 1.82) is 0 Å². The fourth-order valence-electron chi connectivity index (χ4n) is 5.13. The molecule has 0 radical (unpaired) electrons. The van der Waals surface area contributed by atoms with Crippen molar-refractivity contribution in [3.8, 4) is 27.8 Å². The van der Waals surface area contributed by atoms with Gasteiger partial charge in [-0.1, -0.05) is 6.07 Å². The van der Waals surface area contributed by atoms with Crippen LogP contribution in [-0.4, -0.2) is 35.9 Å². The minimum atomic E-state index is -0.739. The van der Waals surface area contributed by atoms with Gasteiger partial charge in [-0.2, -0.15) is 0 Å². The molecule has 1 heterocycles. The molecule has 0 saturated carbocycles. The highest BCUT2D eigenvalue weighted by Crippen LogP contribution is 2.38. The zero-order chi connectivity index (χ0) is 24.9. The van der Waals surface area contributed by atoms with Crippen LogP contribution in [0.2, 0.25) is 0 Å². The molecule has 3 aromatic rings. The van der Waals surface area contributed by atoms with Gasteiger partial charge in [-0.25, -0.2) is 4.98 Å². The number of aromatic nitrogens is 1. The Kier molecular flexibility index (Phi) is 7.75. The van der Waals surface area contributed by atoms with E-state index in [9.17, 15) is 4.79 Å². The summed E-state index contributed by atoms with van der Waals surface area (Å²) in [6.45, 7) is 3.62. The standard InChI is InChI=1S/C29H33NO5S/c1-2-33-26-17-21(29-30-24-6-3-4-7-27(24)36-29)10-13-25(26)35-15-5-14-34-22-11-12-23-19(16-22)8-9-20(23)18-28(31)32/h10-13,16-17,20H,2-9,14-15,18H2,1H3,(H,31,32)/t20-/m0/s1. The van der Waals surface area contributed by atoms with E-state index < -0.39 is 5.97 Å². The lowest BCUT2D eigenvalue weighted by atomic mass is 9.98. The van der Waals surface area contributed by atoms with E-state index in [4.69, 9.17) is 24.3 Å². The molecule has 0 fully saturated rings. The van der Waals surface area contributed by atoms with Gasteiger partial charge in [0.05, 0.1) is 31.9 Å². The Hall–Kier alpha value is -3.06. The van der Waals surface area contributed by atoms with Gasteiger partial charge in [0.1, 0.15) is 10.8 Å². The summed E-state index contributed by atoms with van der Waals surface area (Å²) in [4.78, 5) is 17.4. The van der Waals surface area contributed by atoms with E-state index in [1.807, 2.05) is 31.2 Å². The first-order valence-electron chi connectivity index (χ1n) is 13.0. The molecule has 0 bridgehead atoms. The minimum Gasteiger partial charge on any atom is -0.493 e. The van der Waals surface area contributed by atoms with E-state index in [1.54, 1.807) is 11.3 Å². The van der Waals surface area contributed by atoms with E-state index in [0.29, 0.717) is 19.8 Å². The number of thiazole rings is 1. The number of hydrogen-bond acceptors (Lipinski definition) is 6. The van der Waals surface area contributed by atoms with E-state index in [0.717, 1.165) is 65.5 Å². The number of carbonyl (C=O) groups is 1. The Balaban J connectivity index is 1.14. The van der Waals surface area contributed by atoms with Crippen LogP contribution in [0.4, 0.5) is 0 Å². The number of benzene rings is 2. The molecule has 1 atom stereocenters. The predicted octanol–water partition coefficient (Wildman–Crippen LogP) is 6.44. The van der Waals surface area contributed by atoms with Crippen LogP contribution in [0.5, 0.6) is 17.2 Å². The van der Waals surface area contributed by atoms with Crippen LogP contribution in [0.25, 0.3) is 10.6 Å². The number of fused-ring (bicyclic) bond motifs is 2. The normalized spacial score (nSPS) is 16.3. The maximum atomic E-state index is 11.1. The molecule has 5 rings (SSSR count). The molecular formula is C29H33NO5S. The molecule has 1 aromatic heterocycles. The SMILES string of the molecule is CCOc1cc(-c2nc3c(s2)CCCC3)ccc1OCCCOc1ccc2c(c1)CC[C@H]2CC(=O)O. The fourth-order valence-corrected chi connectivity index (χ4v) is 6.28. The number of ether oxygens (including phenoxy) is 3. The molecule has 7 heteroatoms. The van der Waals surface area contributed by atoms with Gasteiger partial charge in [-0.05, 0) is 92.8 Å². The first-order chi connectivity index (χ1) is 17.6. The van der Waals surface area contributed by atoms with Crippen molar-refractivity contribution in [1.82, 2.24) is 4.98 Å². The molecule has 2 aliphatic rings. The summed E-state index contributed by atoms with van der Waals surface area (Å²) >= 11 is 1.80. The van der Waals surface area contributed by atoms with Gasteiger partial charge in [0.2, 0.25) is 0 Å². The fraction of sp³-hybridized carbons (Fsp3) is 0.448. The number of rotatable bonds is 11. The summed E-state index contributed by atoms with van der Waals surface area (Å²) in [6.07, 6.45) is 7.46. The predicted molar refractivity (Wildman–Crippen MR) is 141 cm³/mol. The Morgan fingerprint density at radius 1 is 1.03 bits per heavy atom. The second kappa shape index (κ2) is 11.3. The molecule has 1 N–H and O–H groups in total. The third kappa shape index (κ3) is 5.67. The first-order valence-corrected chi connectivity index (χ1v) is 13.8. The summed E-state index contributed by atoms with van der Waals surface area (Å²) in [7, 11) is 0. The molecule has 0 aliphatic heterocycles. The molecule has 0 saturated heterocycles. The quantitative estimate of drug-likeness (QED) is 0.301. The third-order valence-corrected chi connectivity index (χ3v) is 8.10. The van der Waals surface area contributed by atoms with E-state index in [2.05, 4.69) is 12.1 Å².